The monoisotopic (exact) mass is 152 g/mol. The number of allylic oxidation sites excluding steroid dienone is 2. The summed E-state index contributed by atoms with van der Waals surface area (Å²) < 4.78 is 0. The van der Waals surface area contributed by atoms with Crippen LogP contribution in [0, 0.1) is 11.3 Å². The quantitative estimate of drug-likeness (QED) is 0.528. The molecule has 1 heteroatoms. The lowest BCUT2D eigenvalue weighted by atomic mass is 9.74. The predicted octanol–water partition coefficient (Wildman–Crippen LogP) is 2.57. The van der Waals surface area contributed by atoms with Gasteiger partial charge in [-0.15, -0.1) is 0 Å². The van der Waals surface area contributed by atoms with E-state index >= 15 is 0 Å². The first-order chi connectivity index (χ1) is 4.99. The molecule has 1 aliphatic carbocycles. The van der Waals surface area contributed by atoms with Crippen LogP contribution in [0.25, 0.3) is 0 Å². The first-order valence-electron chi connectivity index (χ1n) is 4.18. The van der Waals surface area contributed by atoms with Crippen LogP contribution in [0.3, 0.4) is 0 Å². The zero-order chi connectivity index (χ0) is 8.65. The minimum absolute atomic E-state index is 0.167. The largest absolute Gasteiger partial charge is 0.299 e. The molecule has 0 fully saturated rings. The normalized spacial score (nSPS) is 37.1. The van der Waals surface area contributed by atoms with Crippen LogP contribution in [0.15, 0.2) is 11.6 Å². The van der Waals surface area contributed by atoms with Crippen LogP contribution in [0.4, 0.5) is 0 Å². The summed E-state index contributed by atoms with van der Waals surface area (Å²) in [7, 11) is 0. The summed E-state index contributed by atoms with van der Waals surface area (Å²) in [5.74, 6) is 0.788. The van der Waals surface area contributed by atoms with E-state index in [-0.39, 0.29) is 5.41 Å². The Bertz CT molecular complexity index is 215. The molecule has 1 nitrogen and oxygen atoms in total. The number of carbonyl (C=O) groups excluding carboxylic acids is 1. The van der Waals surface area contributed by atoms with Gasteiger partial charge in [-0.25, -0.2) is 0 Å². The highest BCUT2D eigenvalue weighted by molar-refractivity contribution is 5.86. The number of carbonyl (C=O) groups is 1. The van der Waals surface area contributed by atoms with Crippen LogP contribution in [0.2, 0.25) is 0 Å². The fourth-order valence-electron chi connectivity index (χ4n) is 1.81. The maximum Gasteiger partial charge on any atom is 0.139 e. The molecule has 0 aromatic carbocycles. The van der Waals surface area contributed by atoms with E-state index in [9.17, 15) is 4.79 Å². The molecule has 0 N–H and O–H groups in total. The van der Waals surface area contributed by atoms with Crippen molar-refractivity contribution in [2.75, 3.05) is 0 Å². The van der Waals surface area contributed by atoms with Crippen LogP contribution in [0.1, 0.15) is 34.1 Å². The van der Waals surface area contributed by atoms with Gasteiger partial charge in [-0.05, 0) is 33.1 Å². The molecular weight excluding hydrogens is 136 g/mol. The molecule has 11 heavy (non-hydrogen) atoms. The molecule has 0 spiro atoms. The van der Waals surface area contributed by atoms with E-state index in [1.54, 1.807) is 6.92 Å². The number of hydrogen-bond acceptors (Lipinski definition) is 1. The van der Waals surface area contributed by atoms with Gasteiger partial charge in [0.1, 0.15) is 5.78 Å². The smallest absolute Gasteiger partial charge is 0.139 e. The highest BCUT2D eigenvalue weighted by Crippen LogP contribution is 2.43. The molecule has 0 saturated carbocycles. The zero-order valence-corrected chi connectivity index (χ0v) is 7.77. The Kier molecular flexibility index (Phi) is 1.91. The van der Waals surface area contributed by atoms with Gasteiger partial charge in [0.2, 0.25) is 0 Å². The fourth-order valence-corrected chi connectivity index (χ4v) is 1.81. The molecule has 1 aliphatic rings. The predicted molar refractivity (Wildman–Crippen MR) is 46.3 cm³/mol. The van der Waals surface area contributed by atoms with Gasteiger partial charge in [0.05, 0.1) is 0 Å². The van der Waals surface area contributed by atoms with Crippen molar-refractivity contribution in [1.82, 2.24) is 0 Å². The average Bonchev–Trinajstić information content (AvgIpc) is 2.18. The Labute approximate surface area is 68.5 Å². The second-order valence-electron chi connectivity index (χ2n) is 3.78. The number of ketones is 1. The Hall–Kier alpha value is -0.590. The molecule has 0 saturated heterocycles. The lowest BCUT2D eigenvalue weighted by Gasteiger charge is -2.28. The zero-order valence-electron chi connectivity index (χ0n) is 7.77. The van der Waals surface area contributed by atoms with Gasteiger partial charge in [0.15, 0.2) is 0 Å². The van der Waals surface area contributed by atoms with Gasteiger partial charge >= 0.3 is 0 Å². The summed E-state index contributed by atoms with van der Waals surface area (Å²) in [6.07, 6.45) is 3.24. The van der Waals surface area contributed by atoms with Gasteiger partial charge in [-0.3, -0.25) is 4.79 Å². The van der Waals surface area contributed by atoms with Crippen LogP contribution in [-0.2, 0) is 4.79 Å². The summed E-state index contributed by atoms with van der Waals surface area (Å²) in [6, 6.07) is 0. The first-order valence-corrected chi connectivity index (χ1v) is 4.18. The van der Waals surface area contributed by atoms with Crippen molar-refractivity contribution in [3.63, 3.8) is 0 Å². The lowest BCUT2D eigenvalue weighted by molar-refractivity contribution is -0.125. The Morgan fingerprint density at radius 2 is 2.27 bits per heavy atom. The summed E-state index contributed by atoms with van der Waals surface area (Å²) >= 11 is 0. The van der Waals surface area contributed by atoms with Gasteiger partial charge < -0.3 is 0 Å². The summed E-state index contributed by atoms with van der Waals surface area (Å²) in [5, 5.41) is 0. The van der Waals surface area contributed by atoms with E-state index in [0.717, 1.165) is 6.42 Å². The highest BCUT2D eigenvalue weighted by Gasteiger charge is 2.40. The second kappa shape index (κ2) is 2.47. The third-order valence-electron chi connectivity index (χ3n) is 3.31. The van der Waals surface area contributed by atoms with Crippen LogP contribution >= 0.6 is 0 Å². The highest BCUT2D eigenvalue weighted by atomic mass is 16.1. The van der Waals surface area contributed by atoms with E-state index in [4.69, 9.17) is 0 Å². The minimum atomic E-state index is -0.167. The topological polar surface area (TPSA) is 17.1 Å². The van der Waals surface area contributed by atoms with Gasteiger partial charge in [-0.2, -0.15) is 0 Å². The van der Waals surface area contributed by atoms with Crippen molar-refractivity contribution in [2.45, 2.75) is 34.1 Å². The SMILES string of the molecule is CC(=O)C1(C)C(C)=CCC1C. The van der Waals surface area contributed by atoms with E-state index in [1.165, 1.54) is 5.57 Å². The van der Waals surface area contributed by atoms with Crippen molar-refractivity contribution in [3.8, 4) is 0 Å². The summed E-state index contributed by atoms with van der Waals surface area (Å²) in [6.45, 7) is 7.96. The van der Waals surface area contributed by atoms with Gasteiger partial charge in [0, 0.05) is 5.41 Å². The standard InChI is InChI=1S/C10H16O/c1-7-5-6-8(2)10(7,4)9(3)11/h5,8H,6H2,1-4H3. The van der Waals surface area contributed by atoms with E-state index < -0.39 is 0 Å². The van der Waals surface area contributed by atoms with Crippen molar-refractivity contribution < 1.29 is 4.79 Å². The van der Waals surface area contributed by atoms with Crippen LogP contribution in [-0.4, -0.2) is 5.78 Å². The van der Waals surface area contributed by atoms with Crippen molar-refractivity contribution in [2.24, 2.45) is 11.3 Å². The van der Waals surface area contributed by atoms with E-state index in [1.807, 2.05) is 0 Å². The third-order valence-corrected chi connectivity index (χ3v) is 3.31. The number of Topliss-reactive ketones (excluding diaryl/α,β-unsaturated/α-hetero) is 1. The summed E-state index contributed by atoms with van der Waals surface area (Å²) in [4.78, 5) is 11.3. The molecule has 2 atom stereocenters. The molecule has 1 rings (SSSR count). The van der Waals surface area contributed by atoms with Gasteiger partial charge in [-0.1, -0.05) is 18.6 Å². The molecule has 0 aromatic heterocycles. The average molecular weight is 152 g/mol. The molecule has 0 heterocycles. The molecule has 0 amide bonds. The van der Waals surface area contributed by atoms with E-state index in [0.29, 0.717) is 11.7 Å². The minimum Gasteiger partial charge on any atom is -0.299 e. The van der Waals surface area contributed by atoms with Gasteiger partial charge in [0.25, 0.3) is 0 Å². The van der Waals surface area contributed by atoms with Crippen molar-refractivity contribution in [1.29, 1.82) is 0 Å². The molecule has 62 valence electrons. The summed E-state index contributed by atoms with van der Waals surface area (Å²) in [5.41, 5.74) is 1.08. The molecule has 2 unspecified atom stereocenters. The Morgan fingerprint density at radius 1 is 1.73 bits per heavy atom. The molecule has 0 aliphatic heterocycles. The van der Waals surface area contributed by atoms with Crippen molar-refractivity contribution >= 4 is 5.78 Å². The maximum absolute atomic E-state index is 11.3. The van der Waals surface area contributed by atoms with E-state index in [2.05, 4.69) is 26.8 Å². The Morgan fingerprint density at radius 3 is 2.45 bits per heavy atom. The second-order valence-corrected chi connectivity index (χ2v) is 3.78. The molecule has 0 radical (unpaired) electrons. The third kappa shape index (κ3) is 1.03. The molecule has 0 bridgehead atoms. The number of hydrogen-bond donors (Lipinski definition) is 0. The lowest BCUT2D eigenvalue weighted by Crippen LogP contribution is -2.30. The first kappa shape index (κ1) is 8.51. The number of rotatable bonds is 1. The fraction of sp³-hybridized carbons (Fsp3) is 0.700. The van der Waals surface area contributed by atoms with Crippen molar-refractivity contribution in [3.05, 3.63) is 11.6 Å². The molecular formula is C10H16O. The maximum atomic E-state index is 11.3. The van der Waals surface area contributed by atoms with Crippen LogP contribution < -0.4 is 0 Å². The Balaban J connectivity index is 3.00. The molecule has 0 aromatic rings. The van der Waals surface area contributed by atoms with Crippen LogP contribution in [0.5, 0.6) is 0 Å².